The fourth-order valence-electron chi connectivity index (χ4n) is 3.67. The van der Waals surface area contributed by atoms with Crippen LogP contribution >= 0.6 is 0 Å². The van der Waals surface area contributed by atoms with Gasteiger partial charge in [0.25, 0.3) is 0 Å². The summed E-state index contributed by atoms with van der Waals surface area (Å²) in [5.41, 5.74) is 1.30. The van der Waals surface area contributed by atoms with Crippen LogP contribution in [0.15, 0.2) is 30.3 Å². The van der Waals surface area contributed by atoms with Gasteiger partial charge in [-0.05, 0) is 30.9 Å². The lowest BCUT2D eigenvalue weighted by Gasteiger charge is -2.39. The monoisotopic (exact) mass is 337 g/mol. The maximum absolute atomic E-state index is 11.7. The van der Waals surface area contributed by atoms with E-state index in [0.717, 1.165) is 45.6 Å². The molecule has 0 aromatic heterocycles. The van der Waals surface area contributed by atoms with Crippen molar-refractivity contribution < 1.29 is 8.42 Å². The standard InChI is InChI=1S/C17H27N3O2S/c1-23(21,22)20-9-5-6-16(15-20)14-18-10-12-19(13-11-18)17-7-3-2-4-8-17/h2-4,7-8,16H,5-6,9-15H2,1H3. The summed E-state index contributed by atoms with van der Waals surface area (Å²) in [5.74, 6) is 0.474. The number of sulfonamides is 1. The van der Waals surface area contributed by atoms with Crippen molar-refractivity contribution in [1.82, 2.24) is 9.21 Å². The molecule has 2 fully saturated rings. The third-order valence-electron chi connectivity index (χ3n) is 4.96. The van der Waals surface area contributed by atoms with Gasteiger partial charge in [-0.25, -0.2) is 12.7 Å². The smallest absolute Gasteiger partial charge is 0.211 e. The molecule has 1 unspecified atom stereocenters. The van der Waals surface area contributed by atoms with E-state index < -0.39 is 10.0 Å². The second-order valence-corrected chi connectivity index (χ2v) is 8.73. The summed E-state index contributed by atoms with van der Waals surface area (Å²) >= 11 is 0. The Kier molecular flexibility index (Phi) is 5.24. The summed E-state index contributed by atoms with van der Waals surface area (Å²) < 4.78 is 25.1. The van der Waals surface area contributed by atoms with E-state index in [1.807, 2.05) is 0 Å². The molecule has 2 aliphatic rings. The Morgan fingerprint density at radius 1 is 1.04 bits per heavy atom. The molecule has 0 radical (unpaired) electrons. The normalized spacial score (nSPS) is 24.7. The Hall–Kier alpha value is -1.11. The zero-order valence-electron chi connectivity index (χ0n) is 13.9. The number of hydrogen-bond acceptors (Lipinski definition) is 4. The second-order valence-electron chi connectivity index (χ2n) is 6.75. The molecule has 23 heavy (non-hydrogen) atoms. The molecule has 0 amide bonds. The van der Waals surface area contributed by atoms with Crippen molar-refractivity contribution in [2.75, 3.05) is 57.0 Å². The van der Waals surface area contributed by atoms with E-state index in [1.54, 1.807) is 4.31 Å². The maximum Gasteiger partial charge on any atom is 0.211 e. The molecule has 6 heteroatoms. The van der Waals surface area contributed by atoms with Gasteiger partial charge < -0.3 is 4.90 Å². The van der Waals surface area contributed by atoms with Crippen LogP contribution in [0.4, 0.5) is 5.69 Å². The topological polar surface area (TPSA) is 43.9 Å². The molecule has 1 aromatic rings. The average Bonchev–Trinajstić information content (AvgIpc) is 2.56. The summed E-state index contributed by atoms with van der Waals surface area (Å²) in [6.07, 6.45) is 3.46. The van der Waals surface area contributed by atoms with Crippen LogP contribution in [0, 0.1) is 5.92 Å². The van der Waals surface area contributed by atoms with Gasteiger partial charge in [0.05, 0.1) is 6.26 Å². The lowest BCUT2D eigenvalue weighted by atomic mass is 9.99. The summed E-state index contributed by atoms with van der Waals surface area (Å²) in [6, 6.07) is 10.6. The molecule has 3 rings (SSSR count). The van der Waals surface area contributed by atoms with Crippen LogP contribution < -0.4 is 4.90 Å². The van der Waals surface area contributed by atoms with Crippen molar-refractivity contribution in [2.45, 2.75) is 12.8 Å². The average molecular weight is 337 g/mol. The molecule has 128 valence electrons. The van der Waals surface area contributed by atoms with Crippen LogP contribution in [-0.2, 0) is 10.0 Å². The highest BCUT2D eigenvalue weighted by molar-refractivity contribution is 7.88. The SMILES string of the molecule is CS(=O)(=O)N1CCCC(CN2CCN(c3ccccc3)CC2)C1. The minimum absolute atomic E-state index is 0.474. The van der Waals surface area contributed by atoms with Crippen LogP contribution in [0.5, 0.6) is 0 Å². The van der Waals surface area contributed by atoms with Gasteiger partial charge in [-0.15, -0.1) is 0 Å². The highest BCUT2D eigenvalue weighted by Gasteiger charge is 2.28. The molecule has 2 saturated heterocycles. The van der Waals surface area contributed by atoms with Crippen LogP contribution in [-0.4, -0.2) is 69.7 Å². The van der Waals surface area contributed by atoms with Crippen LogP contribution in [0.1, 0.15) is 12.8 Å². The van der Waals surface area contributed by atoms with Gasteiger partial charge in [0.15, 0.2) is 0 Å². The first-order valence-corrected chi connectivity index (χ1v) is 10.3. The summed E-state index contributed by atoms with van der Waals surface area (Å²) in [5, 5.41) is 0. The molecule has 2 aliphatic heterocycles. The molecular weight excluding hydrogens is 310 g/mol. The van der Waals surface area contributed by atoms with E-state index in [-0.39, 0.29) is 0 Å². The largest absolute Gasteiger partial charge is 0.369 e. The minimum atomic E-state index is -3.04. The second kappa shape index (κ2) is 7.20. The number of piperidine rings is 1. The molecular formula is C17H27N3O2S. The van der Waals surface area contributed by atoms with Crippen molar-refractivity contribution >= 4 is 15.7 Å². The fraction of sp³-hybridized carbons (Fsp3) is 0.647. The number of piperazine rings is 1. The van der Waals surface area contributed by atoms with Gasteiger partial charge >= 0.3 is 0 Å². The molecule has 0 N–H and O–H groups in total. The first-order chi connectivity index (χ1) is 11.0. The number of para-hydroxylation sites is 1. The third kappa shape index (κ3) is 4.46. The van der Waals surface area contributed by atoms with Crippen molar-refractivity contribution in [3.05, 3.63) is 30.3 Å². The van der Waals surface area contributed by atoms with Crippen LogP contribution in [0.2, 0.25) is 0 Å². The van der Waals surface area contributed by atoms with Gasteiger partial charge in [-0.2, -0.15) is 0 Å². The van der Waals surface area contributed by atoms with Crippen molar-refractivity contribution in [1.29, 1.82) is 0 Å². The quantitative estimate of drug-likeness (QED) is 0.835. The van der Waals surface area contributed by atoms with Gasteiger partial charge in [0.2, 0.25) is 10.0 Å². The van der Waals surface area contributed by atoms with Crippen molar-refractivity contribution in [3.63, 3.8) is 0 Å². The number of hydrogen-bond donors (Lipinski definition) is 0. The van der Waals surface area contributed by atoms with Gasteiger partial charge in [0.1, 0.15) is 0 Å². The molecule has 1 aromatic carbocycles. The van der Waals surface area contributed by atoms with Gasteiger partial charge in [-0.3, -0.25) is 4.90 Å². The first-order valence-electron chi connectivity index (χ1n) is 8.50. The highest BCUT2D eigenvalue weighted by Crippen LogP contribution is 2.21. The Bertz CT molecular complexity index is 598. The predicted octanol–water partition coefficient (Wildman–Crippen LogP) is 1.48. The molecule has 0 aliphatic carbocycles. The van der Waals surface area contributed by atoms with E-state index in [1.165, 1.54) is 11.9 Å². The number of anilines is 1. The molecule has 0 bridgehead atoms. The summed E-state index contributed by atoms with van der Waals surface area (Å²) in [4.78, 5) is 4.93. The fourth-order valence-corrected chi connectivity index (χ4v) is 4.61. The Morgan fingerprint density at radius 3 is 2.39 bits per heavy atom. The first kappa shape index (κ1) is 16.7. The van der Waals surface area contributed by atoms with Crippen molar-refractivity contribution in [2.24, 2.45) is 5.92 Å². The van der Waals surface area contributed by atoms with E-state index in [0.29, 0.717) is 19.0 Å². The maximum atomic E-state index is 11.7. The van der Waals surface area contributed by atoms with E-state index >= 15 is 0 Å². The van der Waals surface area contributed by atoms with Crippen molar-refractivity contribution in [3.8, 4) is 0 Å². The zero-order valence-corrected chi connectivity index (χ0v) is 14.7. The number of rotatable bonds is 4. The summed E-state index contributed by atoms with van der Waals surface area (Å²) in [6.45, 7) is 6.62. The van der Waals surface area contributed by atoms with E-state index in [2.05, 4.69) is 40.1 Å². The van der Waals surface area contributed by atoms with Crippen LogP contribution in [0.3, 0.4) is 0 Å². The lowest BCUT2D eigenvalue weighted by Crippen LogP contribution is -2.50. The minimum Gasteiger partial charge on any atom is -0.369 e. The van der Waals surface area contributed by atoms with E-state index in [9.17, 15) is 8.42 Å². The molecule has 1 atom stereocenters. The summed E-state index contributed by atoms with van der Waals surface area (Å²) in [7, 11) is -3.04. The van der Waals surface area contributed by atoms with E-state index in [4.69, 9.17) is 0 Å². The lowest BCUT2D eigenvalue weighted by molar-refractivity contribution is 0.172. The number of nitrogens with zero attached hydrogens (tertiary/aromatic N) is 3. The predicted molar refractivity (Wildman–Crippen MR) is 94.2 cm³/mol. The number of benzene rings is 1. The Morgan fingerprint density at radius 2 is 1.74 bits per heavy atom. The zero-order chi connectivity index (χ0) is 16.3. The highest BCUT2D eigenvalue weighted by atomic mass is 32.2. The molecule has 0 saturated carbocycles. The molecule has 2 heterocycles. The Balaban J connectivity index is 1.49. The van der Waals surface area contributed by atoms with Gasteiger partial charge in [-0.1, -0.05) is 18.2 Å². The third-order valence-corrected chi connectivity index (χ3v) is 6.23. The molecule has 0 spiro atoms. The Labute approximate surface area is 139 Å². The molecule has 5 nitrogen and oxygen atoms in total. The van der Waals surface area contributed by atoms with Gasteiger partial charge in [0, 0.05) is 51.5 Å². The van der Waals surface area contributed by atoms with Crippen LogP contribution in [0.25, 0.3) is 0 Å².